The van der Waals surface area contributed by atoms with E-state index in [1.807, 2.05) is 19.1 Å². The maximum atomic E-state index is 13.2. The summed E-state index contributed by atoms with van der Waals surface area (Å²) in [6.07, 6.45) is 0. The zero-order chi connectivity index (χ0) is 20.1. The summed E-state index contributed by atoms with van der Waals surface area (Å²) in [6.45, 7) is 1.53. The van der Waals surface area contributed by atoms with E-state index >= 15 is 0 Å². The minimum absolute atomic E-state index is 0.225. The summed E-state index contributed by atoms with van der Waals surface area (Å²) in [7, 11) is -2.17. The van der Waals surface area contributed by atoms with Crippen molar-refractivity contribution in [3.8, 4) is 0 Å². The van der Waals surface area contributed by atoms with Gasteiger partial charge in [-0.3, -0.25) is 9.10 Å². The van der Waals surface area contributed by atoms with Gasteiger partial charge in [0.05, 0.1) is 16.6 Å². The Hall–Kier alpha value is -2.93. The van der Waals surface area contributed by atoms with E-state index in [2.05, 4.69) is 0 Å². The predicted octanol–water partition coefficient (Wildman–Crippen LogP) is 3.71. The summed E-state index contributed by atoms with van der Waals surface area (Å²) in [5.41, 5.74) is 1.29. The molecule has 0 N–H and O–H groups in total. The van der Waals surface area contributed by atoms with E-state index in [1.165, 1.54) is 21.3 Å². The normalized spacial score (nSPS) is 15.6. The number of carbonyl (C=O) groups is 1. The fourth-order valence-corrected chi connectivity index (χ4v) is 5.20. The van der Waals surface area contributed by atoms with Crippen LogP contribution in [0.2, 0.25) is 0 Å². The van der Waals surface area contributed by atoms with Gasteiger partial charge < -0.3 is 4.90 Å². The fraction of sp³-hybridized carbons (Fsp3) is 0.190. The summed E-state index contributed by atoms with van der Waals surface area (Å²) in [5, 5.41) is 1.47. The highest BCUT2D eigenvalue weighted by molar-refractivity contribution is 7.93. The van der Waals surface area contributed by atoms with E-state index in [0.29, 0.717) is 11.1 Å². The zero-order valence-corrected chi connectivity index (χ0v) is 16.3. The molecule has 0 fully saturated rings. The molecule has 0 saturated carbocycles. The van der Waals surface area contributed by atoms with Gasteiger partial charge in [-0.15, -0.1) is 0 Å². The second kappa shape index (κ2) is 6.60. The molecule has 3 aromatic rings. The van der Waals surface area contributed by atoms with Crippen LogP contribution in [0.5, 0.6) is 0 Å². The number of halogens is 1. The number of carbonyl (C=O) groups excluding carboxylic acids is 1. The van der Waals surface area contributed by atoms with E-state index < -0.39 is 10.0 Å². The summed E-state index contributed by atoms with van der Waals surface area (Å²) in [6, 6.07) is 16.1. The second-order valence-electron chi connectivity index (χ2n) is 6.88. The van der Waals surface area contributed by atoms with Gasteiger partial charge in [0.15, 0.2) is 0 Å². The lowest BCUT2D eigenvalue weighted by molar-refractivity contribution is -0.130. The number of amides is 1. The van der Waals surface area contributed by atoms with Crippen LogP contribution in [0.3, 0.4) is 0 Å². The van der Waals surface area contributed by atoms with Crippen molar-refractivity contribution in [1.82, 2.24) is 4.90 Å². The Labute approximate surface area is 163 Å². The Bertz CT molecular complexity index is 1170. The average molecular weight is 398 g/mol. The van der Waals surface area contributed by atoms with Crippen LogP contribution in [-0.4, -0.2) is 32.8 Å². The third kappa shape index (κ3) is 2.82. The van der Waals surface area contributed by atoms with Gasteiger partial charge in [-0.1, -0.05) is 36.4 Å². The highest BCUT2D eigenvalue weighted by atomic mass is 32.2. The number of hydrogen-bond acceptors (Lipinski definition) is 3. The van der Waals surface area contributed by atoms with E-state index in [4.69, 9.17) is 0 Å². The zero-order valence-electron chi connectivity index (χ0n) is 15.5. The molecule has 1 aliphatic heterocycles. The first kappa shape index (κ1) is 18.4. The van der Waals surface area contributed by atoms with Crippen LogP contribution in [-0.2, 0) is 14.8 Å². The van der Waals surface area contributed by atoms with Gasteiger partial charge in [-0.2, -0.15) is 0 Å². The highest BCUT2D eigenvalue weighted by Crippen LogP contribution is 2.41. The van der Waals surface area contributed by atoms with Crippen LogP contribution < -0.4 is 4.31 Å². The fourth-order valence-electron chi connectivity index (χ4n) is 3.54. The predicted molar refractivity (Wildman–Crippen MR) is 106 cm³/mol. The smallest absolute Gasteiger partial charge is 0.265 e. The molecule has 0 radical (unpaired) electrons. The van der Waals surface area contributed by atoms with Crippen LogP contribution >= 0.6 is 0 Å². The third-order valence-electron chi connectivity index (χ3n) is 5.29. The minimum atomic E-state index is -3.79. The molecule has 28 heavy (non-hydrogen) atoms. The van der Waals surface area contributed by atoms with Gasteiger partial charge in [0.25, 0.3) is 10.0 Å². The number of likely N-dealkylation sites (N-methyl/N-ethyl adjacent to an activating group) is 1. The van der Waals surface area contributed by atoms with Gasteiger partial charge in [0.1, 0.15) is 12.4 Å². The van der Waals surface area contributed by atoms with Crippen molar-refractivity contribution >= 4 is 32.4 Å². The van der Waals surface area contributed by atoms with Gasteiger partial charge >= 0.3 is 0 Å². The Morgan fingerprint density at radius 3 is 2.39 bits per heavy atom. The minimum Gasteiger partial charge on any atom is -0.337 e. The monoisotopic (exact) mass is 398 g/mol. The lowest BCUT2D eigenvalue weighted by Gasteiger charge is -2.28. The molecule has 1 aliphatic rings. The lowest BCUT2D eigenvalue weighted by Crippen LogP contribution is -2.40. The second-order valence-corrected chi connectivity index (χ2v) is 8.71. The SMILES string of the molecule is C[C@@H](c1ccc(F)cc1)N(C)C(=O)CN1c2cccc3cccc(c23)S1(=O)=O. The molecule has 0 saturated heterocycles. The molecule has 1 atom stereocenters. The van der Waals surface area contributed by atoms with E-state index in [9.17, 15) is 17.6 Å². The van der Waals surface area contributed by atoms with Crippen LogP contribution in [0.4, 0.5) is 10.1 Å². The topological polar surface area (TPSA) is 57.7 Å². The van der Waals surface area contributed by atoms with Crippen LogP contribution in [0, 0.1) is 5.82 Å². The number of hydrogen-bond donors (Lipinski definition) is 0. The van der Waals surface area contributed by atoms with Crippen molar-refractivity contribution in [2.24, 2.45) is 0 Å². The maximum absolute atomic E-state index is 13.2. The van der Waals surface area contributed by atoms with Crippen LogP contribution in [0.15, 0.2) is 65.6 Å². The summed E-state index contributed by atoms with van der Waals surface area (Å²) < 4.78 is 40.3. The molecular weight excluding hydrogens is 379 g/mol. The Morgan fingerprint density at radius 2 is 1.71 bits per heavy atom. The van der Waals surface area contributed by atoms with E-state index in [0.717, 1.165) is 10.9 Å². The van der Waals surface area contributed by atoms with Crippen molar-refractivity contribution in [3.63, 3.8) is 0 Å². The standard InChI is InChI=1S/C21H19FN2O3S/c1-14(15-9-11-17(22)12-10-15)23(2)20(25)13-24-18-7-3-5-16-6-4-8-19(21(16)18)28(24,26)27/h3-12,14H,13H2,1-2H3/t14-/m0/s1. The number of benzene rings is 3. The molecule has 1 amide bonds. The maximum Gasteiger partial charge on any atom is 0.265 e. The molecular formula is C21H19FN2O3S. The molecule has 7 heteroatoms. The van der Waals surface area contributed by atoms with Gasteiger partial charge in [-0.25, -0.2) is 12.8 Å². The largest absolute Gasteiger partial charge is 0.337 e. The Kier molecular flexibility index (Phi) is 4.34. The van der Waals surface area contributed by atoms with Crippen molar-refractivity contribution in [3.05, 3.63) is 72.0 Å². The van der Waals surface area contributed by atoms with Crippen LogP contribution in [0.1, 0.15) is 18.5 Å². The first-order valence-corrected chi connectivity index (χ1v) is 10.3. The number of sulfonamides is 1. The average Bonchev–Trinajstić information content (AvgIpc) is 2.91. The van der Waals surface area contributed by atoms with Crippen LogP contribution in [0.25, 0.3) is 10.8 Å². The van der Waals surface area contributed by atoms with E-state index in [1.54, 1.807) is 43.4 Å². The summed E-state index contributed by atoms with van der Waals surface area (Å²) in [5.74, 6) is -0.691. The highest BCUT2D eigenvalue weighted by Gasteiger charge is 2.37. The molecule has 0 aliphatic carbocycles. The van der Waals surface area contributed by atoms with Crippen molar-refractivity contribution in [2.75, 3.05) is 17.9 Å². The van der Waals surface area contributed by atoms with Gasteiger partial charge in [0, 0.05) is 12.4 Å². The molecule has 0 aromatic heterocycles. The van der Waals surface area contributed by atoms with E-state index in [-0.39, 0.29) is 29.2 Å². The molecule has 4 rings (SSSR count). The Morgan fingerprint density at radius 1 is 1.07 bits per heavy atom. The summed E-state index contributed by atoms with van der Waals surface area (Å²) in [4.78, 5) is 14.6. The molecule has 0 bridgehead atoms. The third-order valence-corrected chi connectivity index (χ3v) is 7.09. The molecule has 0 unspecified atom stereocenters. The van der Waals surface area contributed by atoms with Crippen molar-refractivity contribution < 1.29 is 17.6 Å². The molecule has 1 heterocycles. The number of nitrogens with zero attached hydrogens (tertiary/aromatic N) is 2. The Balaban J connectivity index is 1.63. The molecule has 3 aromatic carbocycles. The molecule has 5 nitrogen and oxygen atoms in total. The first-order valence-electron chi connectivity index (χ1n) is 8.86. The number of rotatable bonds is 4. The van der Waals surface area contributed by atoms with Crippen molar-refractivity contribution in [2.45, 2.75) is 17.9 Å². The lowest BCUT2D eigenvalue weighted by atomic mass is 10.1. The first-order chi connectivity index (χ1) is 13.3. The van der Waals surface area contributed by atoms with Gasteiger partial charge in [0.2, 0.25) is 5.91 Å². The quantitative estimate of drug-likeness (QED) is 0.673. The molecule has 144 valence electrons. The van der Waals surface area contributed by atoms with Gasteiger partial charge in [-0.05, 0) is 42.1 Å². The number of anilines is 1. The summed E-state index contributed by atoms with van der Waals surface area (Å²) >= 11 is 0. The van der Waals surface area contributed by atoms with Crippen molar-refractivity contribution in [1.29, 1.82) is 0 Å². The molecule has 0 spiro atoms.